The maximum atomic E-state index is 3.78. The summed E-state index contributed by atoms with van der Waals surface area (Å²) in [6, 6.07) is 8.12. The standard InChI is InChI=1S/C8H9.BrH.Zn/c1-7-4-3-5-8(2)6-7;;/h3-6H,1H2,2H3;1H;/q-1;;. The van der Waals surface area contributed by atoms with E-state index in [0.29, 0.717) is 0 Å². The molecule has 1 aromatic carbocycles. The average molecular weight is 251 g/mol. The van der Waals surface area contributed by atoms with Gasteiger partial charge in [-0.1, -0.05) is 13.0 Å². The fraction of sp³-hybridized carbons (Fsp3) is 0.125. The van der Waals surface area contributed by atoms with Gasteiger partial charge >= 0.3 is 0 Å². The van der Waals surface area contributed by atoms with E-state index in [2.05, 4.69) is 26.0 Å². The molecule has 0 amide bonds. The number of hydrogen-bond donors (Lipinski definition) is 0. The average Bonchev–Trinajstić information content (AvgIpc) is 1.64. The molecule has 52 valence electrons. The van der Waals surface area contributed by atoms with Crippen LogP contribution in [0, 0.1) is 13.8 Å². The van der Waals surface area contributed by atoms with Gasteiger partial charge in [-0.2, -0.15) is 24.6 Å². The van der Waals surface area contributed by atoms with Crippen LogP contribution < -0.4 is 0 Å². The van der Waals surface area contributed by atoms with Crippen molar-refractivity contribution in [2.45, 2.75) is 6.92 Å². The molecule has 0 heterocycles. The fourth-order valence-electron chi connectivity index (χ4n) is 0.712. The third-order valence-electron chi connectivity index (χ3n) is 1.08. The van der Waals surface area contributed by atoms with E-state index in [-0.39, 0.29) is 36.5 Å². The van der Waals surface area contributed by atoms with Crippen LogP contribution in [0.15, 0.2) is 24.3 Å². The van der Waals surface area contributed by atoms with Crippen molar-refractivity contribution in [3.05, 3.63) is 42.3 Å². The van der Waals surface area contributed by atoms with Crippen LogP contribution in [0.1, 0.15) is 11.1 Å². The van der Waals surface area contributed by atoms with E-state index in [1.807, 2.05) is 12.1 Å². The molecule has 1 aromatic rings. The summed E-state index contributed by atoms with van der Waals surface area (Å²) in [5, 5.41) is 0. The van der Waals surface area contributed by atoms with Gasteiger partial charge in [-0.15, -0.1) is 28.6 Å². The van der Waals surface area contributed by atoms with Crippen molar-refractivity contribution >= 4 is 17.0 Å². The van der Waals surface area contributed by atoms with Gasteiger partial charge in [0, 0.05) is 19.5 Å². The summed E-state index contributed by atoms with van der Waals surface area (Å²) in [6.07, 6.45) is 0. The predicted molar refractivity (Wildman–Crippen MR) is 46.0 cm³/mol. The molecule has 0 aliphatic carbocycles. The number of rotatable bonds is 0. The van der Waals surface area contributed by atoms with Crippen LogP contribution in [0.4, 0.5) is 0 Å². The van der Waals surface area contributed by atoms with E-state index in [9.17, 15) is 0 Å². The monoisotopic (exact) mass is 249 g/mol. The van der Waals surface area contributed by atoms with Crippen molar-refractivity contribution in [1.82, 2.24) is 0 Å². The molecule has 0 saturated heterocycles. The molecule has 0 fully saturated rings. The van der Waals surface area contributed by atoms with E-state index >= 15 is 0 Å². The van der Waals surface area contributed by atoms with Crippen molar-refractivity contribution in [3.8, 4) is 0 Å². The quantitative estimate of drug-likeness (QED) is 0.491. The Morgan fingerprint density at radius 1 is 1.30 bits per heavy atom. The van der Waals surface area contributed by atoms with Gasteiger partial charge in [0.2, 0.25) is 0 Å². The third-order valence-corrected chi connectivity index (χ3v) is 1.08. The van der Waals surface area contributed by atoms with E-state index in [1.165, 1.54) is 5.56 Å². The summed E-state index contributed by atoms with van der Waals surface area (Å²) in [7, 11) is 0. The van der Waals surface area contributed by atoms with Gasteiger partial charge < -0.3 is 0 Å². The predicted octanol–water partition coefficient (Wildman–Crippen LogP) is 2.75. The Labute approximate surface area is 85.6 Å². The van der Waals surface area contributed by atoms with E-state index in [1.54, 1.807) is 0 Å². The first-order valence-corrected chi connectivity index (χ1v) is 2.67. The second kappa shape index (κ2) is 5.94. The fourth-order valence-corrected chi connectivity index (χ4v) is 0.712. The Balaban J connectivity index is 0. The molecule has 0 aliphatic rings. The zero-order chi connectivity index (χ0) is 5.98. The topological polar surface area (TPSA) is 0 Å². The molecule has 0 saturated carbocycles. The summed E-state index contributed by atoms with van der Waals surface area (Å²) in [5.74, 6) is 0. The number of halogens is 1. The zero-order valence-electron chi connectivity index (χ0n) is 6.13. The first-order valence-electron chi connectivity index (χ1n) is 2.67. The molecule has 0 nitrogen and oxygen atoms in total. The molecule has 0 bridgehead atoms. The number of aryl methyl sites for hydroxylation is 1. The molecular weight excluding hydrogens is 241 g/mol. The summed E-state index contributed by atoms with van der Waals surface area (Å²) in [4.78, 5) is 0. The van der Waals surface area contributed by atoms with Crippen LogP contribution in [0.2, 0.25) is 0 Å². The van der Waals surface area contributed by atoms with Gasteiger partial charge in [0.1, 0.15) is 0 Å². The molecule has 0 radical (unpaired) electrons. The van der Waals surface area contributed by atoms with Crippen LogP contribution in [0.3, 0.4) is 0 Å². The molecule has 0 spiro atoms. The Bertz CT molecular complexity index is 169. The van der Waals surface area contributed by atoms with Gasteiger partial charge in [-0.05, 0) is 0 Å². The minimum Gasteiger partial charge on any atom is -0.199 e. The molecule has 0 N–H and O–H groups in total. The molecule has 0 atom stereocenters. The molecular formula is C8H10BrZn-. The maximum Gasteiger partial charge on any atom is 0 e. The van der Waals surface area contributed by atoms with Crippen molar-refractivity contribution in [1.29, 1.82) is 0 Å². The van der Waals surface area contributed by atoms with Gasteiger partial charge in [0.05, 0.1) is 0 Å². The van der Waals surface area contributed by atoms with Crippen LogP contribution >= 0.6 is 17.0 Å². The van der Waals surface area contributed by atoms with Gasteiger partial charge in [0.25, 0.3) is 0 Å². The second-order valence-electron chi connectivity index (χ2n) is 1.99. The van der Waals surface area contributed by atoms with Crippen molar-refractivity contribution in [3.63, 3.8) is 0 Å². The van der Waals surface area contributed by atoms with E-state index in [4.69, 9.17) is 0 Å². The summed E-state index contributed by atoms with van der Waals surface area (Å²) < 4.78 is 0. The molecule has 0 unspecified atom stereocenters. The van der Waals surface area contributed by atoms with Crippen LogP contribution in [-0.4, -0.2) is 0 Å². The van der Waals surface area contributed by atoms with E-state index in [0.717, 1.165) is 5.56 Å². The van der Waals surface area contributed by atoms with Gasteiger partial charge in [-0.3, -0.25) is 0 Å². The SMILES string of the molecule is Br.[CH2-]c1cccc(C)c1.[Zn]. The molecule has 10 heavy (non-hydrogen) atoms. The van der Waals surface area contributed by atoms with Crippen molar-refractivity contribution in [2.75, 3.05) is 0 Å². The Morgan fingerprint density at radius 3 is 2.20 bits per heavy atom. The first kappa shape index (κ1) is 12.8. The third kappa shape index (κ3) is 4.08. The largest absolute Gasteiger partial charge is 0.199 e. The normalized spacial score (nSPS) is 7.30. The molecule has 2 heteroatoms. The minimum absolute atomic E-state index is 0. The smallest absolute Gasteiger partial charge is 0 e. The van der Waals surface area contributed by atoms with Gasteiger partial charge in [-0.25, -0.2) is 0 Å². The first-order chi connectivity index (χ1) is 3.79. The van der Waals surface area contributed by atoms with Crippen LogP contribution in [0.5, 0.6) is 0 Å². The van der Waals surface area contributed by atoms with Crippen molar-refractivity contribution < 1.29 is 19.5 Å². The molecule has 1 rings (SSSR count). The van der Waals surface area contributed by atoms with Crippen LogP contribution in [-0.2, 0) is 19.5 Å². The Hall–Kier alpha value is 0.193. The van der Waals surface area contributed by atoms with Gasteiger partial charge in [0.15, 0.2) is 0 Å². The van der Waals surface area contributed by atoms with E-state index < -0.39 is 0 Å². The summed E-state index contributed by atoms with van der Waals surface area (Å²) in [5.41, 5.74) is 2.36. The zero-order valence-corrected chi connectivity index (χ0v) is 10.8. The van der Waals surface area contributed by atoms with Crippen LogP contribution in [0.25, 0.3) is 0 Å². The second-order valence-corrected chi connectivity index (χ2v) is 1.99. The summed E-state index contributed by atoms with van der Waals surface area (Å²) in [6.45, 7) is 5.85. The molecule has 0 aromatic heterocycles. The van der Waals surface area contributed by atoms with Crippen molar-refractivity contribution in [2.24, 2.45) is 0 Å². The Kier molecular flexibility index (Phi) is 7.62. The Morgan fingerprint density at radius 2 is 1.90 bits per heavy atom. The maximum absolute atomic E-state index is 3.78. The number of hydrogen-bond acceptors (Lipinski definition) is 0. The summed E-state index contributed by atoms with van der Waals surface area (Å²) >= 11 is 0. The number of benzene rings is 1. The molecule has 0 aliphatic heterocycles. The minimum atomic E-state index is 0.